The minimum absolute atomic E-state index is 0.0548. The van der Waals surface area contributed by atoms with E-state index in [1.165, 1.54) is 19.4 Å². The van der Waals surface area contributed by atoms with Crippen LogP contribution in [0.5, 0.6) is 5.88 Å². The number of halogens is 2. The number of nitrogens with zero attached hydrogens (tertiary/aromatic N) is 5. The van der Waals surface area contributed by atoms with Gasteiger partial charge in [-0.05, 0) is 70.2 Å². The molecule has 0 aliphatic carbocycles. The van der Waals surface area contributed by atoms with Crippen molar-refractivity contribution in [3.8, 4) is 5.88 Å². The van der Waals surface area contributed by atoms with Crippen LogP contribution in [0.3, 0.4) is 0 Å². The summed E-state index contributed by atoms with van der Waals surface area (Å²) in [6, 6.07) is 6.88. The Kier molecular flexibility index (Phi) is 9.93. The lowest BCUT2D eigenvalue weighted by atomic mass is 10.0. The van der Waals surface area contributed by atoms with Crippen LogP contribution in [-0.2, 0) is 24.0 Å². The molecule has 242 valence electrons. The van der Waals surface area contributed by atoms with Gasteiger partial charge in [0.1, 0.15) is 17.1 Å². The van der Waals surface area contributed by atoms with E-state index in [9.17, 15) is 9.18 Å². The predicted molar refractivity (Wildman–Crippen MR) is 173 cm³/mol. The number of hydrogen-bond donors (Lipinski definition) is 2. The van der Waals surface area contributed by atoms with E-state index in [1.807, 2.05) is 33.0 Å². The summed E-state index contributed by atoms with van der Waals surface area (Å²) in [4.78, 5) is 34.7. The molecule has 0 unspecified atom stereocenters. The number of aromatic amines is 1. The smallest absolute Gasteiger partial charge is 0.410 e. The molecule has 1 fully saturated rings. The van der Waals surface area contributed by atoms with E-state index in [4.69, 9.17) is 20.2 Å². The number of piperidine rings is 1. The molecule has 0 atom stereocenters. The fourth-order valence-electron chi connectivity index (χ4n) is 5.36. The number of ether oxygens (including phenoxy) is 2. The third kappa shape index (κ3) is 8.04. The first-order valence-corrected chi connectivity index (χ1v) is 15.2. The van der Waals surface area contributed by atoms with Gasteiger partial charge < -0.3 is 25.1 Å². The Labute approximate surface area is 266 Å². The summed E-state index contributed by atoms with van der Waals surface area (Å²) < 4.78 is 39.5. The van der Waals surface area contributed by atoms with E-state index in [0.717, 1.165) is 35.6 Å². The molecule has 1 amide bonds. The quantitative estimate of drug-likeness (QED) is 0.177. The first-order valence-electron chi connectivity index (χ1n) is 15.2. The molecule has 4 aromatic rings. The van der Waals surface area contributed by atoms with E-state index in [0.29, 0.717) is 66.3 Å². The number of amides is 1. The summed E-state index contributed by atoms with van der Waals surface area (Å²) in [6.07, 6.45) is 10.1. The number of allylic oxidation sites excluding steroid dienone is 1. The average molecular weight is 632 g/mol. The maximum atomic E-state index is 15.2. The van der Waals surface area contributed by atoms with Gasteiger partial charge in [-0.3, -0.25) is 4.99 Å². The highest BCUT2D eigenvalue weighted by Crippen LogP contribution is 2.25. The molecule has 1 saturated heterocycles. The van der Waals surface area contributed by atoms with Crippen LogP contribution < -0.4 is 10.5 Å². The van der Waals surface area contributed by atoms with Gasteiger partial charge in [-0.2, -0.15) is 4.39 Å². The fraction of sp³-hybridized carbons (Fsp3) is 0.382. The Hall–Kier alpha value is -4.87. The van der Waals surface area contributed by atoms with E-state index >= 15 is 4.39 Å². The largest absolute Gasteiger partial charge is 0.481 e. The van der Waals surface area contributed by atoms with Gasteiger partial charge >= 0.3 is 6.09 Å². The Morgan fingerprint density at radius 3 is 2.59 bits per heavy atom. The number of methoxy groups -OCH3 is 1. The van der Waals surface area contributed by atoms with Crippen molar-refractivity contribution in [3.05, 3.63) is 88.8 Å². The molecule has 3 N–H and O–H groups in total. The van der Waals surface area contributed by atoms with Crippen LogP contribution >= 0.6 is 0 Å². The Morgan fingerprint density at radius 1 is 1.11 bits per heavy atom. The van der Waals surface area contributed by atoms with E-state index in [2.05, 4.69) is 19.9 Å². The van der Waals surface area contributed by atoms with Gasteiger partial charge in [-0.25, -0.2) is 24.1 Å². The number of carbonyl (C=O) groups excluding carboxylic acids is 1. The van der Waals surface area contributed by atoms with Crippen molar-refractivity contribution in [3.63, 3.8) is 0 Å². The van der Waals surface area contributed by atoms with Crippen molar-refractivity contribution in [2.45, 2.75) is 64.5 Å². The number of H-pyrrole nitrogens is 1. The summed E-state index contributed by atoms with van der Waals surface area (Å²) in [5.74, 6) is -0.682. The monoisotopic (exact) mass is 631 g/mol. The lowest BCUT2D eigenvalue weighted by Gasteiger charge is -2.32. The molecule has 46 heavy (non-hydrogen) atoms. The van der Waals surface area contributed by atoms with Gasteiger partial charge in [-0.15, -0.1) is 0 Å². The molecule has 0 bridgehead atoms. The van der Waals surface area contributed by atoms with Crippen LogP contribution in [0, 0.1) is 11.8 Å². The molecule has 5 rings (SSSR count). The summed E-state index contributed by atoms with van der Waals surface area (Å²) in [5.41, 5.74) is 10.1. The fourth-order valence-corrected chi connectivity index (χ4v) is 5.36. The third-order valence-corrected chi connectivity index (χ3v) is 7.77. The van der Waals surface area contributed by atoms with Crippen LogP contribution in [0.25, 0.3) is 16.6 Å². The number of aliphatic imine (C=N–C) groups is 1. The molecule has 10 nitrogen and oxygen atoms in total. The number of rotatable bonds is 9. The van der Waals surface area contributed by atoms with Gasteiger partial charge in [0.2, 0.25) is 11.8 Å². The number of pyridine rings is 3. The number of carbonyl (C=O) groups is 1. The van der Waals surface area contributed by atoms with Crippen LogP contribution in [0.15, 0.2) is 54.0 Å². The topological polar surface area (TPSA) is 132 Å². The lowest BCUT2D eigenvalue weighted by molar-refractivity contribution is 0.0207. The Bertz CT molecular complexity index is 1760. The van der Waals surface area contributed by atoms with Gasteiger partial charge in [-0.1, -0.05) is 6.07 Å². The summed E-state index contributed by atoms with van der Waals surface area (Å²) in [6.45, 7) is 6.71. The van der Waals surface area contributed by atoms with Crippen molar-refractivity contribution in [2.24, 2.45) is 10.7 Å². The molecular formula is C34H39F2N7O3. The third-order valence-electron chi connectivity index (χ3n) is 7.77. The minimum Gasteiger partial charge on any atom is -0.481 e. The van der Waals surface area contributed by atoms with Crippen LogP contribution in [0.4, 0.5) is 13.6 Å². The second-order valence-corrected chi connectivity index (χ2v) is 12.3. The highest BCUT2D eigenvalue weighted by Gasteiger charge is 2.26. The first-order chi connectivity index (χ1) is 22.0. The molecule has 0 aromatic carbocycles. The summed E-state index contributed by atoms with van der Waals surface area (Å²) in [5, 5.41) is 0.838. The second kappa shape index (κ2) is 14.1. The summed E-state index contributed by atoms with van der Waals surface area (Å²) >= 11 is 0. The van der Waals surface area contributed by atoms with Crippen molar-refractivity contribution in [1.29, 1.82) is 0 Å². The van der Waals surface area contributed by atoms with E-state index < -0.39 is 17.4 Å². The number of aryl methyl sites for hydroxylation is 2. The Morgan fingerprint density at radius 2 is 1.89 bits per heavy atom. The average Bonchev–Trinajstić information content (AvgIpc) is 3.43. The zero-order valence-electron chi connectivity index (χ0n) is 26.5. The molecule has 1 aliphatic rings. The predicted octanol–water partition coefficient (Wildman–Crippen LogP) is 5.79. The number of nitrogens with two attached hydrogens (primary N) is 1. The maximum Gasteiger partial charge on any atom is 0.410 e. The molecule has 1 aliphatic heterocycles. The van der Waals surface area contributed by atoms with Crippen molar-refractivity contribution in [2.75, 3.05) is 20.2 Å². The molecule has 5 heterocycles. The zero-order chi connectivity index (χ0) is 32.8. The number of fused-ring (bicyclic) bond motifs is 1. The standard InChI is InChI=1S/C34H39F2N7O3/c1-34(2,3)46-33(44)43-11-9-27(10-12-43)38-19-25(16-37)23-15-29-24(18-40-31(29)39-17-23)13-21-5-7-28(42-30(21)36)8-6-22-14-26(35)20-41-32(22)45-4/h5,7,14-20,27H,6,8-13,37H2,1-4H3,(H,39,40). The van der Waals surface area contributed by atoms with Gasteiger partial charge in [0, 0.05) is 77.7 Å². The van der Waals surface area contributed by atoms with Gasteiger partial charge in [0.25, 0.3) is 0 Å². The first kappa shape index (κ1) is 32.5. The van der Waals surface area contributed by atoms with Crippen LogP contribution in [0.1, 0.15) is 61.6 Å². The van der Waals surface area contributed by atoms with Crippen molar-refractivity contribution < 1.29 is 23.0 Å². The minimum atomic E-state index is -0.562. The van der Waals surface area contributed by atoms with Crippen LogP contribution in [0.2, 0.25) is 0 Å². The van der Waals surface area contributed by atoms with Crippen LogP contribution in [-0.4, -0.2) is 69.0 Å². The maximum absolute atomic E-state index is 15.2. The van der Waals surface area contributed by atoms with Crippen molar-refractivity contribution in [1.82, 2.24) is 24.8 Å². The molecular weight excluding hydrogens is 592 g/mol. The molecule has 0 spiro atoms. The van der Waals surface area contributed by atoms with Gasteiger partial charge in [0.15, 0.2) is 0 Å². The normalized spacial score (nSPS) is 14.7. The molecule has 4 aromatic heterocycles. The molecule has 0 saturated carbocycles. The van der Waals surface area contributed by atoms with E-state index in [1.54, 1.807) is 29.4 Å². The molecule has 0 radical (unpaired) electrons. The SMILES string of the molecule is COc1ncc(F)cc1CCc1ccc(Cc2c[nH]c3ncc(C(C=NC4CCN(C(=O)OC(C)(C)C)CC4)=CN)cc23)c(F)n1. The number of likely N-dealkylation sites (tertiary alicyclic amines) is 1. The number of aromatic nitrogens is 4. The Balaban J connectivity index is 1.23. The highest BCUT2D eigenvalue weighted by atomic mass is 19.1. The van der Waals surface area contributed by atoms with Crippen molar-refractivity contribution >= 4 is 28.9 Å². The van der Waals surface area contributed by atoms with Gasteiger partial charge in [0.05, 0.1) is 19.3 Å². The van der Waals surface area contributed by atoms with E-state index in [-0.39, 0.29) is 12.1 Å². The zero-order valence-corrected chi connectivity index (χ0v) is 26.5. The highest BCUT2D eigenvalue weighted by molar-refractivity contribution is 6.10. The number of nitrogens with one attached hydrogen (secondary N) is 1. The molecule has 12 heteroatoms. The second-order valence-electron chi connectivity index (χ2n) is 12.3. The summed E-state index contributed by atoms with van der Waals surface area (Å²) in [7, 11) is 1.47. The lowest BCUT2D eigenvalue weighted by Crippen LogP contribution is -2.42. The number of hydrogen-bond acceptors (Lipinski definition) is 8.